The Bertz CT molecular complexity index is 516. The van der Waals surface area contributed by atoms with Crippen molar-refractivity contribution < 1.29 is 4.79 Å². The van der Waals surface area contributed by atoms with Gasteiger partial charge >= 0.3 is 0 Å². The van der Waals surface area contributed by atoms with Crippen molar-refractivity contribution in [2.24, 2.45) is 0 Å². The zero-order valence-electron chi connectivity index (χ0n) is 9.50. The Hall–Kier alpha value is -1.84. The predicted octanol–water partition coefficient (Wildman–Crippen LogP) is 2.61. The Morgan fingerprint density at radius 2 is 2.31 bits per heavy atom. The molecular weight excluding hydrogens is 202 g/mol. The van der Waals surface area contributed by atoms with E-state index in [2.05, 4.69) is 15.3 Å². The van der Waals surface area contributed by atoms with Gasteiger partial charge in [-0.05, 0) is 31.5 Å². The molecule has 1 aromatic heterocycles. The van der Waals surface area contributed by atoms with Gasteiger partial charge in [0.05, 0.1) is 11.0 Å². The fourth-order valence-corrected chi connectivity index (χ4v) is 1.67. The first-order chi connectivity index (χ1) is 7.69. The number of aromatic amines is 1. The first-order valence-corrected chi connectivity index (χ1v) is 5.45. The number of rotatable bonds is 3. The van der Waals surface area contributed by atoms with Crippen molar-refractivity contribution in [3.63, 3.8) is 0 Å². The molecule has 2 N–H and O–H groups in total. The molecule has 0 aliphatic carbocycles. The van der Waals surface area contributed by atoms with Crippen LogP contribution in [-0.4, -0.2) is 15.9 Å². The number of hydrogen-bond donors (Lipinski definition) is 2. The standard InChI is InChI=1S/C12H15N3O/c1-3-4-12(16)15-9-5-6-10-11(7-9)14-8(2)13-10/h5-7H,3-4H2,1-2H3,(H,13,14)(H,15,16). The number of amides is 1. The summed E-state index contributed by atoms with van der Waals surface area (Å²) in [6.45, 7) is 3.90. The Morgan fingerprint density at radius 1 is 1.50 bits per heavy atom. The normalized spacial score (nSPS) is 10.6. The SMILES string of the molecule is CCCC(=O)Nc1ccc2nc(C)[nH]c2c1. The van der Waals surface area contributed by atoms with Gasteiger partial charge in [0.25, 0.3) is 0 Å². The maximum absolute atomic E-state index is 11.4. The summed E-state index contributed by atoms with van der Waals surface area (Å²) in [7, 11) is 0. The maximum Gasteiger partial charge on any atom is 0.224 e. The zero-order chi connectivity index (χ0) is 11.5. The van der Waals surface area contributed by atoms with E-state index in [0.717, 1.165) is 29.0 Å². The van der Waals surface area contributed by atoms with Gasteiger partial charge < -0.3 is 10.3 Å². The number of benzene rings is 1. The largest absolute Gasteiger partial charge is 0.342 e. The Kier molecular flexibility index (Phi) is 2.90. The van der Waals surface area contributed by atoms with Crippen molar-refractivity contribution in [3.8, 4) is 0 Å². The van der Waals surface area contributed by atoms with Gasteiger partial charge in [-0.25, -0.2) is 4.98 Å². The molecule has 4 heteroatoms. The molecule has 0 aliphatic rings. The molecule has 0 unspecified atom stereocenters. The summed E-state index contributed by atoms with van der Waals surface area (Å²) in [5, 5.41) is 2.86. The van der Waals surface area contributed by atoms with Crippen LogP contribution in [-0.2, 0) is 4.79 Å². The van der Waals surface area contributed by atoms with E-state index in [4.69, 9.17) is 0 Å². The fraction of sp³-hybridized carbons (Fsp3) is 0.333. The molecule has 0 fully saturated rings. The molecule has 2 rings (SSSR count). The summed E-state index contributed by atoms with van der Waals surface area (Å²) < 4.78 is 0. The Labute approximate surface area is 94.1 Å². The molecule has 0 saturated heterocycles. The van der Waals surface area contributed by atoms with Crippen LogP contribution in [0.2, 0.25) is 0 Å². The molecule has 1 aromatic carbocycles. The number of fused-ring (bicyclic) bond motifs is 1. The quantitative estimate of drug-likeness (QED) is 0.830. The lowest BCUT2D eigenvalue weighted by molar-refractivity contribution is -0.116. The average molecular weight is 217 g/mol. The summed E-state index contributed by atoms with van der Waals surface area (Å²) in [5.74, 6) is 0.935. The molecule has 0 saturated carbocycles. The summed E-state index contributed by atoms with van der Waals surface area (Å²) in [4.78, 5) is 18.9. The molecule has 84 valence electrons. The number of carbonyl (C=O) groups excluding carboxylic acids is 1. The third-order valence-corrected chi connectivity index (χ3v) is 2.36. The minimum absolute atomic E-state index is 0.0538. The summed E-state index contributed by atoms with van der Waals surface area (Å²) in [5.41, 5.74) is 2.69. The molecule has 1 amide bonds. The molecule has 0 spiro atoms. The molecule has 0 bridgehead atoms. The van der Waals surface area contributed by atoms with Crippen LogP contribution in [0.3, 0.4) is 0 Å². The number of aryl methyl sites for hydroxylation is 1. The van der Waals surface area contributed by atoms with Crippen molar-refractivity contribution in [1.82, 2.24) is 9.97 Å². The number of anilines is 1. The first-order valence-electron chi connectivity index (χ1n) is 5.45. The smallest absolute Gasteiger partial charge is 0.224 e. The Morgan fingerprint density at radius 3 is 3.06 bits per heavy atom. The van der Waals surface area contributed by atoms with Crippen LogP contribution in [0.15, 0.2) is 18.2 Å². The lowest BCUT2D eigenvalue weighted by Gasteiger charge is -2.03. The minimum atomic E-state index is 0.0538. The van der Waals surface area contributed by atoms with Crippen LogP contribution < -0.4 is 5.32 Å². The average Bonchev–Trinajstić information content (AvgIpc) is 2.57. The van der Waals surface area contributed by atoms with Gasteiger partial charge in [0.1, 0.15) is 5.82 Å². The third-order valence-electron chi connectivity index (χ3n) is 2.36. The van der Waals surface area contributed by atoms with E-state index in [1.165, 1.54) is 0 Å². The number of carbonyl (C=O) groups is 1. The lowest BCUT2D eigenvalue weighted by Crippen LogP contribution is -2.10. The molecule has 2 aromatic rings. The number of nitrogens with zero attached hydrogens (tertiary/aromatic N) is 1. The van der Waals surface area contributed by atoms with Gasteiger partial charge in [0, 0.05) is 12.1 Å². The lowest BCUT2D eigenvalue weighted by atomic mass is 10.2. The molecule has 1 heterocycles. The van der Waals surface area contributed by atoms with Gasteiger partial charge in [-0.3, -0.25) is 4.79 Å². The van der Waals surface area contributed by atoms with Crippen LogP contribution >= 0.6 is 0 Å². The number of hydrogen-bond acceptors (Lipinski definition) is 2. The number of H-pyrrole nitrogens is 1. The minimum Gasteiger partial charge on any atom is -0.342 e. The third kappa shape index (κ3) is 2.21. The molecule has 16 heavy (non-hydrogen) atoms. The van der Waals surface area contributed by atoms with Crippen LogP contribution in [0, 0.1) is 6.92 Å². The maximum atomic E-state index is 11.4. The topological polar surface area (TPSA) is 57.8 Å². The van der Waals surface area contributed by atoms with Gasteiger partial charge in [0.2, 0.25) is 5.91 Å². The highest BCUT2D eigenvalue weighted by atomic mass is 16.1. The first kappa shape index (κ1) is 10.7. The fourth-order valence-electron chi connectivity index (χ4n) is 1.67. The van der Waals surface area contributed by atoms with E-state index >= 15 is 0 Å². The molecule has 0 radical (unpaired) electrons. The highest BCUT2D eigenvalue weighted by molar-refractivity contribution is 5.92. The van der Waals surface area contributed by atoms with Crippen molar-refractivity contribution >= 4 is 22.6 Å². The monoisotopic (exact) mass is 217 g/mol. The number of imidazole rings is 1. The molecular formula is C12H15N3O. The predicted molar refractivity (Wildman–Crippen MR) is 64.4 cm³/mol. The second-order valence-electron chi connectivity index (χ2n) is 3.85. The van der Waals surface area contributed by atoms with Gasteiger partial charge in [-0.15, -0.1) is 0 Å². The summed E-state index contributed by atoms with van der Waals surface area (Å²) in [6, 6.07) is 5.68. The van der Waals surface area contributed by atoms with Gasteiger partial charge in [0.15, 0.2) is 0 Å². The molecule has 4 nitrogen and oxygen atoms in total. The van der Waals surface area contributed by atoms with E-state index in [1.54, 1.807) is 0 Å². The van der Waals surface area contributed by atoms with Crippen molar-refractivity contribution in [2.45, 2.75) is 26.7 Å². The van der Waals surface area contributed by atoms with E-state index in [9.17, 15) is 4.79 Å². The summed E-state index contributed by atoms with van der Waals surface area (Å²) in [6.07, 6.45) is 1.41. The van der Waals surface area contributed by atoms with Crippen LogP contribution in [0.4, 0.5) is 5.69 Å². The van der Waals surface area contributed by atoms with Crippen LogP contribution in [0.25, 0.3) is 11.0 Å². The Balaban J connectivity index is 2.22. The van der Waals surface area contributed by atoms with Crippen LogP contribution in [0.5, 0.6) is 0 Å². The highest BCUT2D eigenvalue weighted by Gasteiger charge is 2.03. The van der Waals surface area contributed by atoms with Crippen molar-refractivity contribution in [2.75, 3.05) is 5.32 Å². The second kappa shape index (κ2) is 4.35. The van der Waals surface area contributed by atoms with Crippen molar-refractivity contribution in [1.29, 1.82) is 0 Å². The second-order valence-corrected chi connectivity index (χ2v) is 3.85. The van der Waals surface area contributed by atoms with E-state index in [-0.39, 0.29) is 5.91 Å². The van der Waals surface area contributed by atoms with E-state index < -0.39 is 0 Å². The van der Waals surface area contributed by atoms with Crippen LogP contribution in [0.1, 0.15) is 25.6 Å². The van der Waals surface area contributed by atoms with E-state index in [0.29, 0.717) is 6.42 Å². The number of nitrogens with one attached hydrogen (secondary N) is 2. The molecule has 0 atom stereocenters. The number of aromatic nitrogens is 2. The zero-order valence-corrected chi connectivity index (χ0v) is 9.50. The van der Waals surface area contributed by atoms with Gasteiger partial charge in [-0.2, -0.15) is 0 Å². The summed E-state index contributed by atoms with van der Waals surface area (Å²) >= 11 is 0. The highest BCUT2D eigenvalue weighted by Crippen LogP contribution is 2.17. The van der Waals surface area contributed by atoms with Gasteiger partial charge in [-0.1, -0.05) is 6.92 Å². The van der Waals surface area contributed by atoms with E-state index in [1.807, 2.05) is 32.0 Å². The van der Waals surface area contributed by atoms with Crippen molar-refractivity contribution in [3.05, 3.63) is 24.0 Å². The molecule has 0 aliphatic heterocycles.